The lowest BCUT2D eigenvalue weighted by molar-refractivity contribution is 0.184. The predicted octanol–water partition coefficient (Wildman–Crippen LogP) is 1.81. The van der Waals surface area contributed by atoms with Crippen molar-refractivity contribution in [1.82, 2.24) is 4.90 Å². The highest BCUT2D eigenvalue weighted by molar-refractivity contribution is 6.30. The Kier molecular flexibility index (Phi) is 3.61. The first-order valence-corrected chi connectivity index (χ1v) is 6.33. The van der Waals surface area contributed by atoms with Crippen molar-refractivity contribution in [2.45, 2.75) is 12.0 Å². The van der Waals surface area contributed by atoms with Crippen molar-refractivity contribution in [3.8, 4) is 0 Å². The third-order valence-corrected chi connectivity index (χ3v) is 4.07. The van der Waals surface area contributed by atoms with E-state index in [4.69, 9.17) is 17.3 Å². The molecule has 94 valence electrons. The van der Waals surface area contributed by atoms with Crippen LogP contribution in [0.4, 0.5) is 5.69 Å². The average molecular weight is 254 g/mol. The van der Waals surface area contributed by atoms with Crippen LogP contribution in [0, 0.1) is 0 Å². The molecule has 3 nitrogen and oxygen atoms in total. The predicted molar refractivity (Wildman–Crippen MR) is 73.8 cm³/mol. The van der Waals surface area contributed by atoms with Crippen LogP contribution in [0.3, 0.4) is 0 Å². The fourth-order valence-electron chi connectivity index (χ4n) is 2.46. The molecule has 0 bridgehead atoms. The highest BCUT2D eigenvalue weighted by atomic mass is 35.5. The number of nitrogens with two attached hydrogens (primary N) is 1. The van der Waals surface area contributed by atoms with Gasteiger partial charge in [0.15, 0.2) is 0 Å². The fraction of sp³-hybridized carbons (Fsp3) is 0.538. The molecule has 1 atom stereocenters. The first-order chi connectivity index (χ1) is 8.07. The van der Waals surface area contributed by atoms with E-state index in [2.05, 4.69) is 30.0 Å². The number of hydrogen-bond donors (Lipinski definition) is 1. The van der Waals surface area contributed by atoms with E-state index in [1.807, 2.05) is 18.2 Å². The van der Waals surface area contributed by atoms with Crippen LogP contribution in [0.5, 0.6) is 0 Å². The molecule has 1 aromatic rings. The first-order valence-electron chi connectivity index (χ1n) is 5.95. The summed E-state index contributed by atoms with van der Waals surface area (Å²) in [5, 5.41) is 0.789. The fourth-order valence-corrected chi connectivity index (χ4v) is 2.65. The van der Waals surface area contributed by atoms with Gasteiger partial charge < -0.3 is 15.5 Å². The minimum Gasteiger partial charge on any atom is -0.370 e. The summed E-state index contributed by atoms with van der Waals surface area (Å²) in [5.41, 5.74) is 7.23. The van der Waals surface area contributed by atoms with Crippen LogP contribution in [0.25, 0.3) is 0 Å². The number of nitrogens with zero attached hydrogens (tertiary/aromatic N) is 2. The zero-order valence-corrected chi connectivity index (χ0v) is 11.2. The van der Waals surface area contributed by atoms with Crippen molar-refractivity contribution in [2.24, 2.45) is 5.73 Å². The molecule has 17 heavy (non-hydrogen) atoms. The van der Waals surface area contributed by atoms with E-state index in [-0.39, 0.29) is 5.54 Å². The lowest BCUT2D eigenvalue weighted by Crippen LogP contribution is -2.52. The van der Waals surface area contributed by atoms with Gasteiger partial charge in [-0.15, -0.1) is 0 Å². The van der Waals surface area contributed by atoms with Gasteiger partial charge in [0.05, 0.1) is 5.54 Å². The summed E-state index contributed by atoms with van der Waals surface area (Å²) in [5.74, 6) is 0. The summed E-state index contributed by atoms with van der Waals surface area (Å²) in [6, 6.07) is 8.02. The zero-order valence-electron chi connectivity index (χ0n) is 10.5. The molecule has 1 aromatic carbocycles. The first kappa shape index (κ1) is 12.7. The van der Waals surface area contributed by atoms with Crippen molar-refractivity contribution in [3.05, 3.63) is 29.3 Å². The quantitative estimate of drug-likeness (QED) is 0.892. The maximum absolute atomic E-state index is 6.03. The summed E-state index contributed by atoms with van der Waals surface area (Å²) < 4.78 is 0. The Morgan fingerprint density at radius 3 is 2.76 bits per heavy atom. The van der Waals surface area contributed by atoms with E-state index < -0.39 is 0 Å². The van der Waals surface area contributed by atoms with E-state index >= 15 is 0 Å². The second-order valence-corrected chi connectivity index (χ2v) is 5.41. The molecule has 1 aliphatic rings. The van der Waals surface area contributed by atoms with Gasteiger partial charge in [-0.1, -0.05) is 17.7 Å². The van der Waals surface area contributed by atoms with Crippen molar-refractivity contribution >= 4 is 17.3 Å². The van der Waals surface area contributed by atoms with Gasteiger partial charge >= 0.3 is 0 Å². The molecule has 0 saturated carbocycles. The smallest absolute Gasteiger partial charge is 0.0518 e. The van der Waals surface area contributed by atoms with Crippen molar-refractivity contribution in [1.29, 1.82) is 0 Å². The van der Waals surface area contributed by atoms with Gasteiger partial charge in [-0.05, 0) is 38.7 Å². The SMILES string of the molecule is CN(C)C1(CN)CCN(c2cccc(Cl)c2)C1. The van der Waals surface area contributed by atoms with Crippen LogP contribution in [-0.4, -0.2) is 44.2 Å². The van der Waals surface area contributed by atoms with Crippen LogP contribution in [0.15, 0.2) is 24.3 Å². The van der Waals surface area contributed by atoms with Gasteiger partial charge in [-0.25, -0.2) is 0 Å². The molecule has 1 heterocycles. The number of likely N-dealkylation sites (N-methyl/N-ethyl adjacent to an activating group) is 1. The van der Waals surface area contributed by atoms with Gasteiger partial charge in [0.2, 0.25) is 0 Å². The highest BCUT2D eigenvalue weighted by Crippen LogP contribution is 2.30. The van der Waals surface area contributed by atoms with Crippen molar-refractivity contribution in [3.63, 3.8) is 0 Å². The molecule has 1 unspecified atom stereocenters. The minimum absolute atomic E-state index is 0.0995. The number of benzene rings is 1. The number of rotatable bonds is 3. The topological polar surface area (TPSA) is 32.5 Å². The molecule has 0 amide bonds. The maximum Gasteiger partial charge on any atom is 0.0518 e. The zero-order chi connectivity index (χ0) is 12.5. The van der Waals surface area contributed by atoms with Gasteiger partial charge in [0, 0.05) is 30.3 Å². The Morgan fingerprint density at radius 1 is 1.47 bits per heavy atom. The molecule has 1 fully saturated rings. The summed E-state index contributed by atoms with van der Waals surface area (Å²) in [4.78, 5) is 4.61. The monoisotopic (exact) mass is 253 g/mol. The largest absolute Gasteiger partial charge is 0.370 e. The Bertz CT molecular complexity index is 394. The lowest BCUT2D eigenvalue weighted by Gasteiger charge is -2.35. The Morgan fingerprint density at radius 2 is 2.24 bits per heavy atom. The molecule has 2 N–H and O–H groups in total. The average Bonchev–Trinajstić information content (AvgIpc) is 2.74. The lowest BCUT2D eigenvalue weighted by atomic mass is 9.97. The molecular formula is C13H20ClN3. The van der Waals surface area contributed by atoms with Crippen LogP contribution in [0.2, 0.25) is 5.02 Å². The molecule has 1 aliphatic heterocycles. The second-order valence-electron chi connectivity index (χ2n) is 4.97. The van der Waals surface area contributed by atoms with E-state index in [1.165, 1.54) is 5.69 Å². The van der Waals surface area contributed by atoms with Crippen LogP contribution in [-0.2, 0) is 0 Å². The molecule has 2 rings (SSSR count). The van der Waals surface area contributed by atoms with E-state index in [0.717, 1.165) is 24.5 Å². The third-order valence-electron chi connectivity index (χ3n) is 3.83. The number of halogens is 1. The Hall–Kier alpha value is -0.770. The Balaban J connectivity index is 2.17. The highest BCUT2D eigenvalue weighted by Gasteiger charge is 2.38. The van der Waals surface area contributed by atoms with Crippen LogP contribution in [0.1, 0.15) is 6.42 Å². The standard InChI is InChI=1S/C13H20ClN3/c1-16(2)13(9-15)6-7-17(10-13)12-5-3-4-11(14)8-12/h3-5,8H,6-7,9-10,15H2,1-2H3. The number of hydrogen-bond acceptors (Lipinski definition) is 3. The van der Waals surface area contributed by atoms with Crippen LogP contribution < -0.4 is 10.6 Å². The molecular weight excluding hydrogens is 234 g/mol. The van der Waals surface area contributed by atoms with Crippen molar-refractivity contribution in [2.75, 3.05) is 38.6 Å². The molecule has 4 heteroatoms. The summed E-state index contributed by atoms with van der Waals surface area (Å²) in [6.07, 6.45) is 1.10. The Labute approximate surface area is 108 Å². The summed E-state index contributed by atoms with van der Waals surface area (Å²) in [7, 11) is 4.21. The van der Waals surface area contributed by atoms with Crippen molar-refractivity contribution < 1.29 is 0 Å². The van der Waals surface area contributed by atoms with Gasteiger partial charge in [0.25, 0.3) is 0 Å². The molecule has 0 spiro atoms. The molecule has 0 aliphatic carbocycles. The molecule has 0 aromatic heterocycles. The molecule has 1 saturated heterocycles. The van der Waals surface area contributed by atoms with Gasteiger partial charge in [-0.2, -0.15) is 0 Å². The van der Waals surface area contributed by atoms with Gasteiger partial charge in [-0.3, -0.25) is 0 Å². The number of anilines is 1. The summed E-state index contributed by atoms with van der Waals surface area (Å²) >= 11 is 6.03. The minimum atomic E-state index is 0.0995. The summed E-state index contributed by atoms with van der Waals surface area (Å²) in [6.45, 7) is 2.70. The van der Waals surface area contributed by atoms with E-state index in [1.54, 1.807) is 0 Å². The normalized spacial score (nSPS) is 24.6. The van der Waals surface area contributed by atoms with E-state index in [0.29, 0.717) is 6.54 Å². The third kappa shape index (κ3) is 2.41. The maximum atomic E-state index is 6.03. The second kappa shape index (κ2) is 4.84. The van der Waals surface area contributed by atoms with E-state index in [9.17, 15) is 0 Å². The molecule has 0 radical (unpaired) electrons. The van der Waals surface area contributed by atoms with Crippen LogP contribution >= 0.6 is 11.6 Å². The van der Waals surface area contributed by atoms with Gasteiger partial charge in [0.1, 0.15) is 0 Å².